The van der Waals surface area contributed by atoms with Crippen molar-refractivity contribution in [2.75, 3.05) is 13.2 Å². The lowest BCUT2D eigenvalue weighted by Gasteiger charge is -2.14. The first-order valence-corrected chi connectivity index (χ1v) is 6.67. The Morgan fingerprint density at radius 2 is 1.94 bits per heavy atom. The first-order valence-electron chi connectivity index (χ1n) is 5.79. The molecule has 0 amide bonds. The van der Waals surface area contributed by atoms with Gasteiger partial charge in [-0.15, -0.1) is 11.3 Å². The third-order valence-electron chi connectivity index (χ3n) is 2.14. The number of carbonyl (C=O) groups is 2. The average Bonchev–Trinajstić information content (AvgIpc) is 2.75. The van der Waals surface area contributed by atoms with Crippen molar-refractivity contribution in [3.8, 4) is 0 Å². The zero-order valence-corrected chi connectivity index (χ0v) is 11.6. The van der Waals surface area contributed by atoms with Gasteiger partial charge in [0.05, 0.1) is 11.4 Å². The highest BCUT2D eigenvalue weighted by Gasteiger charge is 2.23. The Morgan fingerprint density at radius 1 is 1.33 bits per heavy atom. The van der Waals surface area contributed by atoms with Gasteiger partial charge >= 0.3 is 0 Å². The van der Waals surface area contributed by atoms with E-state index in [1.54, 1.807) is 19.2 Å². The van der Waals surface area contributed by atoms with Gasteiger partial charge in [0.1, 0.15) is 5.69 Å². The van der Waals surface area contributed by atoms with Crippen molar-refractivity contribution < 1.29 is 19.1 Å². The number of hydrogen-bond donors (Lipinski definition) is 0. The van der Waals surface area contributed by atoms with E-state index in [-0.39, 0.29) is 18.0 Å². The van der Waals surface area contributed by atoms with Crippen molar-refractivity contribution in [1.29, 1.82) is 0 Å². The molecule has 0 aromatic carbocycles. The fourth-order valence-electron chi connectivity index (χ4n) is 1.36. The minimum Gasteiger partial charge on any atom is -0.346 e. The van der Waals surface area contributed by atoms with Gasteiger partial charge in [0, 0.05) is 18.6 Å². The highest BCUT2D eigenvalue weighted by molar-refractivity contribution is 7.09. The lowest BCUT2D eigenvalue weighted by atomic mass is 10.1. The van der Waals surface area contributed by atoms with E-state index in [9.17, 15) is 9.59 Å². The number of aromatic nitrogens is 1. The van der Waals surface area contributed by atoms with Crippen molar-refractivity contribution in [3.05, 3.63) is 16.1 Å². The second kappa shape index (κ2) is 7.35. The summed E-state index contributed by atoms with van der Waals surface area (Å²) in [6, 6.07) is 0. The lowest BCUT2D eigenvalue weighted by molar-refractivity contribution is -0.166. The molecule has 0 aliphatic heterocycles. The SMILES string of the molecule is CCOC(OCC)C(=O)CC(=O)c1csc(C)n1. The molecule has 1 rings (SSSR count). The van der Waals surface area contributed by atoms with E-state index < -0.39 is 6.29 Å². The second-order valence-electron chi connectivity index (χ2n) is 3.56. The maximum Gasteiger partial charge on any atom is 0.218 e. The maximum absolute atomic E-state index is 11.8. The van der Waals surface area contributed by atoms with Crippen molar-refractivity contribution >= 4 is 22.9 Å². The Morgan fingerprint density at radius 3 is 2.39 bits per heavy atom. The van der Waals surface area contributed by atoms with Gasteiger partial charge in [-0.25, -0.2) is 4.98 Å². The third kappa shape index (κ3) is 4.29. The van der Waals surface area contributed by atoms with Gasteiger partial charge in [0.15, 0.2) is 11.6 Å². The molecule has 18 heavy (non-hydrogen) atoms. The average molecular weight is 271 g/mol. The molecule has 0 aliphatic rings. The van der Waals surface area contributed by atoms with Crippen LogP contribution in [-0.2, 0) is 14.3 Å². The number of Topliss-reactive ketones (excluding diaryl/α,β-unsaturated/α-hetero) is 2. The molecule has 0 atom stereocenters. The Kier molecular flexibility index (Phi) is 6.11. The van der Waals surface area contributed by atoms with Crippen molar-refractivity contribution in [2.24, 2.45) is 0 Å². The van der Waals surface area contributed by atoms with Crippen molar-refractivity contribution in [3.63, 3.8) is 0 Å². The standard InChI is InChI=1S/C12H17NO4S/c1-4-16-12(17-5-2)11(15)6-10(14)9-7-18-8(3)13-9/h7,12H,4-6H2,1-3H3. The monoisotopic (exact) mass is 271 g/mol. The molecule has 6 heteroatoms. The Balaban J connectivity index is 2.59. The Labute approximate surface area is 110 Å². The predicted octanol–water partition coefficient (Wildman–Crippen LogP) is 1.99. The summed E-state index contributed by atoms with van der Waals surface area (Å²) >= 11 is 1.38. The van der Waals surface area contributed by atoms with Gasteiger partial charge in [0.25, 0.3) is 0 Å². The van der Waals surface area contributed by atoms with Crippen LogP contribution < -0.4 is 0 Å². The number of aryl methyl sites for hydroxylation is 1. The second-order valence-corrected chi connectivity index (χ2v) is 4.62. The maximum atomic E-state index is 11.8. The van der Waals surface area contributed by atoms with E-state index in [0.717, 1.165) is 5.01 Å². The van der Waals surface area contributed by atoms with Gasteiger partial charge in [0.2, 0.25) is 6.29 Å². The number of carbonyl (C=O) groups excluding carboxylic acids is 2. The summed E-state index contributed by atoms with van der Waals surface area (Å²) in [4.78, 5) is 27.7. The van der Waals surface area contributed by atoms with Crippen molar-refractivity contribution in [2.45, 2.75) is 33.5 Å². The van der Waals surface area contributed by atoms with Gasteiger partial charge in [-0.05, 0) is 20.8 Å². The highest BCUT2D eigenvalue weighted by Crippen LogP contribution is 2.11. The van der Waals surface area contributed by atoms with E-state index in [4.69, 9.17) is 9.47 Å². The van der Waals surface area contributed by atoms with E-state index in [0.29, 0.717) is 18.9 Å². The van der Waals surface area contributed by atoms with Crippen LogP contribution in [-0.4, -0.2) is 36.1 Å². The summed E-state index contributed by atoms with van der Waals surface area (Å²) in [6.07, 6.45) is -1.20. The molecule has 100 valence electrons. The van der Waals surface area contributed by atoms with E-state index in [1.165, 1.54) is 11.3 Å². The van der Waals surface area contributed by atoms with E-state index in [1.807, 2.05) is 6.92 Å². The summed E-state index contributed by atoms with van der Waals surface area (Å²) in [7, 11) is 0. The Bertz CT molecular complexity index is 410. The molecular weight excluding hydrogens is 254 g/mol. The molecule has 0 spiro atoms. The summed E-state index contributed by atoms with van der Waals surface area (Å²) in [5.74, 6) is -0.664. The largest absolute Gasteiger partial charge is 0.346 e. The van der Waals surface area contributed by atoms with Gasteiger partial charge in [-0.2, -0.15) is 0 Å². The van der Waals surface area contributed by atoms with Crippen LogP contribution in [0.25, 0.3) is 0 Å². The van der Waals surface area contributed by atoms with Gasteiger partial charge in [-0.1, -0.05) is 0 Å². The molecule has 0 saturated carbocycles. The molecule has 0 fully saturated rings. The predicted molar refractivity (Wildman–Crippen MR) is 67.8 cm³/mol. The van der Waals surface area contributed by atoms with E-state index in [2.05, 4.69) is 4.98 Å². The zero-order chi connectivity index (χ0) is 13.5. The quantitative estimate of drug-likeness (QED) is 0.411. The first-order chi connectivity index (χ1) is 8.58. The van der Waals surface area contributed by atoms with Gasteiger partial charge in [-0.3, -0.25) is 9.59 Å². The highest BCUT2D eigenvalue weighted by atomic mass is 32.1. The van der Waals surface area contributed by atoms with E-state index >= 15 is 0 Å². The summed E-state index contributed by atoms with van der Waals surface area (Å²) < 4.78 is 10.3. The van der Waals surface area contributed by atoms with Crippen LogP contribution in [0.2, 0.25) is 0 Å². The summed E-state index contributed by atoms with van der Waals surface area (Å²) in [5, 5.41) is 2.46. The smallest absolute Gasteiger partial charge is 0.218 e. The lowest BCUT2D eigenvalue weighted by Crippen LogP contribution is -2.29. The number of thiazole rings is 1. The van der Waals surface area contributed by atoms with Crippen LogP contribution in [0.4, 0.5) is 0 Å². The van der Waals surface area contributed by atoms with Crippen LogP contribution in [0, 0.1) is 6.92 Å². The summed E-state index contributed by atoms with van der Waals surface area (Å²) in [6.45, 7) is 6.07. The van der Waals surface area contributed by atoms with Crippen LogP contribution in [0.15, 0.2) is 5.38 Å². The van der Waals surface area contributed by atoms with Crippen LogP contribution >= 0.6 is 11.3 Å². The first kappa shape index (κ1) is 14.9. The fourth-order valence-corrected chi connectivity index (χ4v) is 1.98. The molecular formula is C12H17NO4S. The fraction of sp³-hybridized carbons (Fsp3) is 0.583. The number of ketones is 2. The number of ether oxygens (including phenoxy) is 2. The molecule has 0 radical (unpaired) electrons. The molecule has 0 saturated heterocycles. The number of rotatable bonds is 8. The van der Waals surface area contributed by atoms with Crippen LogP contribution in [0.1, 0.15) is 35.8 Å². The zero-order valence-electron chi connectivity index (χ0n) is 10.8. The molecule has 0 bridgehead atoms. The number of hydrogen-bond acceptors (Lipinski definition) is 6. The van der Waals surface area contributed by atoms with Crippen LogP contribution in [0.5, 0.6) is 0 Å². The van der Waals surface area contributed by atoms with Crippen molar-refractivity contribution in [1.82, 2.24) is 4.98 Å². The molecule has 0 aliphatic carbocycles. The van der Waals surface area contributed by atoms with Crippen LogP contribution in [0.3, 0.4) is 0 Å². The Hall–Kier alpha value is -1.11. The minimum atomic E-state index is -0.955. The summed E-state index contributed by atoms with van der Waals surface area (Å²) in [5.41, 5.74) is 0.331. The van der Waals surface area contributed by atoms with Gasteiger partial charge < -0.3 is 9.47 Å². The molecule has 1 aromatic rings. The molecule has 0 N–H and O–H groups in total. The third-order valence-corrected chi connectivity index (χ3v) is 2.91. The molecule has 5 nitrogen and oxygen atoms in total. The minimum absolute atomic E-state index is 0.242. The normalized spacial score (nSPS) is 10.9. The molecule has 1 heterocycles. The topological polar surface area (TPSA) is 65.5 Å². The molecule has 1 aromatic heterocycles. The number of nitrogens with zero attached hydrogens (tertiary/aromatic N) is 1. The molecule has 0 unspecified atom stereocenters.